The molecule has 1 aromatic carbocycles. The average molecular weight is 456 g/mol. The molecule has 0 atom stereocenters. The van der Waals surface area contributed by atoms with Crippen molar-refractivity contribution in [2.45, 2.75) is 37.1 Å². The van der Waals surface area contributed by atoms with Gasteiger partial charge in [0.2, 0.25) is 5.71 Å². The monoisotopic (exact) mass is 455 g/mol. The van der Waals surface area contributed by atoms with Crippen LogP contribution in [0.25, 0.3) is 11.1 Å². The summed E-state index contributed by atoms with van der Waals surface area (Å²) in [6.45, 7) is 6.06. The van der Waals surface area contributed by atoms with Crippen LogP contribution in [0.15, 0.2) is 33.8 Å². The molecular formula is C23H26FN5O2S. The van der Waals surface area contributed by atoms with E-state index in [9.17, 15) is 9.18 Å². The quantitative estimate of drug-likeness (QED) is 0.575. The number of aryl methyl sites for hydroxylation is 1. The minimum absolute atomic E-state index is 0.00824. The van der Waals surface area contributed by atoms with E-state index >= 15 is 0 Å². The molecule has 32 heavy (non-hydrogen) atoms. The number of benzene rings is 1. The topological polar surface area (TPSA) is 74.5 Å². The van der Waals surface area contributed by atoms with E-state index in [0.29, 0.717) is 60.1 Å². The second-order valence-corrected chi connectivity index (χ2v) is 9.60. The van der Waals surface area contributed by atoms with Gasteiger partial charge in [-0.2, -0.15) is 0 Å². The van der Waals surface area contributed by atoms with Crippen molar-refractivity contribution >= 4 is 40.3 Å². The van der Waals surface area contributed by atoms with Crippen molar-refractivity contribution in [2.24, 2.45) is 0 Å². The standard InChI is InChI=1S/C23H26FN5O2S/c1-14-18(19-20(27-23(2)6-7-23)25-13-26-21(19)31-14)22(30)29-10-8-28(9-11-29)17-5-4-15(32-3)12-16(17)24/h4-5,12-13H,6-11H2,1-3H3,(H,25,26,27). The maximum atomic E-state index is 14.5. The van der Waals surface area contributed by atoms with E-state index < -0.39 is 0 Å². The number of hydrogen-bond donors (Lipinski definition) is 1. The van der Waals surface area contributed by atoms with Gasteiger partial charge in [-0.05, 0) is 51.1 Å². The molecule has 3 aromatic rings. The number of fused-ring (bicyclic) bond motifs is 1. The molecule has 1 amide bonds. The molecule has 2 aromatic heterocycles. The Morgan fingerprint density at radius 2 is 1.97 bits per heavy atom. The summed E-state index contributed by atoms with van der Waals surface area (Å²) in [5.74, 6) is 0.855. The third-order valence-corrected chi connectivity index (χ3v) is 7.09. The molecule has 168 valence electrons. The highest BCUT2D eigenvalue weighted by atomic mass is 32.2. The van der Waals surface area contributed by atoms with Gasteiger partial charge in [0, 0.05) is 36.6 Å². The lowest BCUT2D eigenvalue weighted by Gasteiger charge is -2.36. The number of carbonyl (C=O) groups excluding carboxylic acids is 1. The summed E-state index contributed by atoms with van der Waals surface area (Å²) < 4.78 is 20.4. The van der Waals surface area contributed by atoms with Gasteiger partial charge in [-0.25, -0.2) is 14.4 Å². The molecule has 0 unspecified atom stereocenters. The predicted octanol–water partition coefficient (Wildman–Crippen LogP) is 4.32. The first-order valence-electron chi connectivity index (χ1n) is 10.8. The summed E-state index contributed by atoms with van der Waals surface area (Å²) in [5, 5.41) is 4.10. The number of anilines is 2. The Labute approximate surface area is 190 Å². The Bertz CT molecular complexity index is 1180. The molecule has 1 saturated carbocycles. The molecule has 7 nitrogen and oxygen atoms in total. The number of carbonyl (C=O) groups is 1. The van der Waals surface area contributed by atoms with Crippen molar-refractivity contribution in [3.05, 3.63) is 41.7 Å². The van der Waals surface area contributed by atoms with E-state index in [2.05, 4.69) is 22.2 Å². The Balaban J connectivity index is 1.37. The van der Waals surface area contributed by atoms with Crippen LogP contribution in [0.1, 0.15) is 35.9 Å². The van der Waals surface area contributed by atoms with Gasteiger partial charge in [0.1, 0.15) is 23.7 Å². The number of amides is 1. The van der Waals surface area contributed by atoms with Crippen LogP contribution in [0.4, 0.5) is 15.9 Å². The van der Waals surface area contributed by atoms with Gasteiger partial charge < -0.3 is 19.5 Å². The summed E-state index contributed by atoms with van der Waals surface area (Å²) in [6, 6.07) is 5.31. The number of aromatic nitrogens is 2. The third kappa shape index (κ3) is 3.79. The highest BCUT2D eigenvalue weighted by Gasteiger charge is 2.39. The van der Waals surface area contributed by atoms with Crippen molar-refractivity contribution < 1.29 is 13.6 Å². The fourth-order valence-corrected chi connectivity index (χ4v) is 4.60. The summed E-state index contributed by atoms with van der Waals surface area (Å²) in [5.41, 5.74) is 1.52. The first-order valence-corrected chi connectivity index (χ1v) is 12.0. The number of rotatable bonds is 5. The number of nitrogens with zero attached hydrogens (tertiary/aromatic N) is 4. The maximum absolute atomic E-state index is 14.5. The van der Waals surface area contributed by atoms with E-state index in [1.54, 1.807) is 17.9 Å². The Hall–Kier alpha value is -2.81. The van der Waals surface area contributed by atoms with Gasteiger partial charge in [-0.3, -0.25) is 4.79 Å². The van der Waals surface area contributed by atoms with Crippen LogP contribution in [0, 0.1) is 12.7 Å². The number of thioether (sulfide) groups is 1. The second kappa shape index (κ2) is 7.95. The average Bonchev–Trinajstić information content (AvgIpc) is 3.41. The van der Waals surface area contributed by atoms with Gasteiger partial charge in [-0.1, -0.05) is 0 Å². The smallest absolute Gasteiger partial charge is 0.258 e. The SMILES string of the molecule is CSc1ccc(N2CCN(C(=O)c3c(C)oc4ncnc(NC5(C)CC5)c34)CC2)c(F)c1. The number of piperazine rings is 1. The van der Waals surface area contributed by atoms with Crippen LogP contribution in [0.5, 0.6) is 0 Å². The van der Waals surface area contributed by atoms with Crippen LogP contribution in [0.3, 0.4) is 0 Å². The molecule has 2 aliphatic rings. The van der Waals surface area contributed by atoms with Crippen LogP contribution in [0.2, 0.25) is 0 Å². The van der Waals surface area contributed by atoms with Crippen LogP contribution >= 0.6 is 11.8 Å². The van der Waals surface area contributed by atoms with Gasteiger partial charge in [0.15, 0.2) is 0 Å². The van der Waals surface area contributed by atoms with E-state index in [-0.39, 0.29) is 17.3 Å². The van der Waals surface area contributed by atoms with E-state index in [1.165, 1.54) is 18.1 Å². The van der Waals surface area contributed by atoms with Gasteiger partial charge in [0.25, 0.3) is 5.91 Å². The molecule has 9 heteroatoms. The normalized spacial score (nSPS) is 17.6. The zero-order valence-corrected chi connectivity index (χ0v) is 19.3. The van der Waals surface area contributed by atoms with E-state index in [4.69, 9.17) is 4.42 Å². The molecular weight excluding hydrogens is 429 g/mol. The lowest BCUT2D eigenvalue weighted by molar-refractivity contribution is 0.0746. The molecule has 5 rings (SSSR count). The minimum atomic E-state index is -0.227. The molecule has 1 aliphatic heterocycles. The second-order valence-electron chi connectivity index (χ2n) is 8.72. The number of hydrogen-bond acceptors (Lipinski definition) is 7. The van der Waals surface area contributed by atoms with Gasteiger partial charge in [0.05, 0.1) is 16.6 Å². The number of furan rings is 1. The lowest BCUT2D eigenvalue weighted by Crippen LogP contribution is -2.49. The van der Waals surface area contributed by atoms with Crippen molar-refractivity contribution in [1.29, 1.82) is 0 Å². The molecule has 0 spiro atoms. The van der Waals surface area contributed by atoms with Crippen LogP contribution < -0.4 is 10.2 Å². The van der Waals surface area contributed by atoms with Crippen molar-refractivity contribution in [2.75, 3.05) is 42.7 Å². The largest absolute Gasteiger partial charge is 0.442 e. The van der Waals surface area contributed by atoms with E-state index in [0.717, 1.165) is 17.7 Å². The van der Waals surface area contributed by atoms with Gasteiger partial charge >= 0.3 is 0 Å². The first kappa shape index (κ1) is 21.1. The zero-order chi connectivity index (χ0) is 22.5. The predicted molar refractivity (Wildman–Crippen MR) is 124 cm³/mol. The molecule has 0 radical (unpaired) electrons. The summed E-state index contributed by atoms with van der Waals surface area (Å²) in [4.78, 5) is 26.8. The minimum Gasteiger partial charge on any atom is -0.442 e. The highest BCUT2D eigenvalue weighted by molar-refractivity contribution is 7.98. The lowest BCUT2D eigenvalue weighted by atomic mass is 10.1. The number of nitrogens with one attached hydrogen (secondary N) is 1. The third-order valence-electron chi connectivity index (χ3n) is 6.36. The summed E-state index contributed by atoms with van der Waals surface area (Å²) in [6.07, 6.45) is 5.52. The fourth-order valence-electron chi connectivity index (χ4n) is 4.17. The van der Waals surface area contributed by atoms with Crippen molar-refractivity contribution in [3.8, 4) is 0 Å². The van der Waals surface area contributed by atoms with Gasteiger partial charge in [-0.15, -0.1) is 11.8 Å². The molecule has 2 fully saturated rings. The Kier molecular flexibility index (Phi) is 5.23. The molecule has 0 bridgehead atoms. The highest BCUT2D eigenvalue weighted by Crippen LogP contribution is 2.40. The first-order chi connectivity index (χ1) is 15.4. The summed E-state index contributed by atoms with van der Waals surface area (Å²) in [7, 11) is 0. The molecule has 1 N–H and O–H groups in total. The van der Waals surface area contributed by atoms with Crippen molar-refractivity contribution in [1.82, 2.24) is 14.9 Å². The fraction of sp³-hybridized carbons (Fsp3) is 0.435. The maximum Gasteiger partial charge on any atom is 0.258 e. The molecule has 3 heterocycles. The molecule has 1 saturated heterocycles. The summed E-state index contributed by atoms with van der Waals surface area (Å²) >= 11 is 1.52. The van der Waals surface area contributed by atoms with Crippen LogP contribution in [-0.4, -0.2) is 58.7 Å². The Morgan fingerprint density at radius 3 is 2.62 bits per heavy atom. The molecule has 1 aliphatic carbocycles. The van der Waals surface area contributed by atoms with Crippen molar-refractivity contribution in [3.63, 3.8) is 0 Å². The Morgan fingerprint density at radius 1 is 1.22 bits per heavy atom. The van der Waals surface area contributed by atoms with Crippen LogP contribution in [-0.2, 0) is 0 Å². The van der Waals surface area contributed by atoms with E-state index in [1.807, 2.05) is 23.3 Å². The number of halogens is 1. The zero-order valence-electron chi connectivity index (χ0n) is 18.4.